The molecule has 0 aromatic carbocycles. The molecule has 0 amide bonds. The minimum atomic E-state index is -7.53. The van der Waals surface area contributed by atoms with Gasteiger partial charge >= 0.3 is 47.9 Å². The molecule has 2 N–H and O–H groups in total. The summed E-state index contributed by atoms with van der Waals surface area (Å²) in [5, 5.41) is 17.8. The van der Waals surface area contributed by atoms with E-state index in [1.165, 1.54) is 0 Å². The van der Waals surface area contributed by atoms with Crippen LogP contribution < -0.4 is 0 Å². The van der Waals surface area contributed by atoms with Gasteiger partial charge in [0.1, 0.15) is 0 Å². The smallest absolute Gasteiger partial charge is 0.390 e. The van der Waals surface area contributed by atoms with E-state index in [0.29, 0.717) is 0 Å². The van der Waals surface area contributed by atoms with Crippen LogP contribution in [0.4, 0.5) is 79.0 Å². The summed E-state index contributed by atoms with van der Waals surface area (Å²) in [4.78, 5) is 0. The highest BCUT2D eigenvalue weighted by molar-refractivity contribution is 5.04. The molecular formula is C12H8F18O2. The van der Waals surface area contributed by atoms with Crippen molar-refractivity contribution in [3.63, 3.8) is 0 Å². The third kappa shape index (κ3) is 4.93. The normalized spacial score (nSPS) is 18.0. The molecule has 0 aliphatic rings. The van der Waals surface area contributed by atoms with E-state index in [-0.39, 0.29) is 0 Å². The molecule has 0 saturated carbocycles. The predicted molar refractivity (Wildman–Crippen MR) is 63.0 cm³/mol. The minimum Gasteiger partial charge on any atom is -0.390 e. The fourth-order valence-electron chi connectivity index (χ4n) is 1.87. The number of rotatable bonds is 9. The number of alkyl halides is 18. The Morgan fingerprint density at radius 1 is 0.375 bits per heavy atom. The zero-order valence-electron chi connectivity index (χ0n) is 14.3. The van der Waals surface area contributed by atoms with Crippen LogP contribution >= 0.6 is 0 Å². The molecule has 0 heterocycles. The average Bonchev–Trinajstić information content (AvgIpc) is 2.50. The highest BCUT2D eigenvalue weighted by Crippen LogP contribution is 2.56. The van der Waals surface area contributed by atoms with E-state index in [0.717, 1.165) is 0 Å². The molecule has 0 fully saturated rings. The van der Waals surface area contributed by atoms with Crippen molar-refractivity contribution in [3.05, 3.63) is 0 Å². The number of aliphatic hydroxyl groups is 2. The van der Waals surface area contributed by atoms with Crippen LogP contribution in [0.15, 0.2) is 0 Å². The highest BCUT2D eigenvalue weighted by Gasteiger charge is 2.83. The van der Waals surface area contributed by atoms with Crippen molar-refractivity contribution in [2.45, 2.75) is 72.9 Å². The molecule has 2 nitrogen and oxygen atoms in total. The monoisotopic (exact) mass is 526 g/mol. The van der Waals surface area contributed by atoms with Gasteiger partial charge in [0.2, 0.25) is 0 Å². The van der Waals surface area contributed by atoms with Crippen molar-refractivity contribution in [2.24, 2.45) is 0 Å². The maximum absolute atomic E-state index is 13.2. The zero-order chi connectivity index (χ0) is 26.6. The molecule has 0 radical (unpaired) electrons. The lowest BCUT2D eigenvalue weighted by Crippen LogP contribution is -2.63. The molecule has 20 heteroatoms. The first-order valence-corrected chi connectivity index (χ1v) is 7.28. The molecule has 0 saturated heterocycles. The van der Waals surface area contributed by atoms with Gasteiger partial charge in [0.25, 0.3) is 0 Å². The second kappa shape index (κ2) is 8.15. The Morgan fingerprint density at radius 2 is 0.562 bits per heavy atom. The van der Waals surface area contributed by atoms with E-state index in [2.05, 4.69) is 0 Å². The van der Waals surface area contributed by atoms with Gasteiger partial charge in [-0.15, -0.1) is 0 Å². The van der Waals surface area contributed by atoms with Crippen molar-refractivity contribution in [3.8, 4) is 0 Å². The summed E-state index contributed by atoms with van der Waals surface area (Å²) in [6.07, 6.45) is -29.7. The van der Waals surface area contributed by atoms with Crippen LogP contribution in [-0.4, -0.2) is 70.3 Å². The SMILES string of the molecule is OC(CC(F)(F)C(F)(F)C(F)(F)C(F)(F)F)C(O)CC(F)(F)C(F)(F)C(F)(F)C(F)(F)F. The maximum Gasteiger partial charge on any atom is 0.460 e. The first-order valence-electron chi connectivity index (χ1n) is 7.28. The maximum atomic E-state index is 13.2. The third-order valence-electron chi connectivity index (χ3n) is 3.79. The van der Waals surface area contributed by atoms with Gasteiger partial charge in [-0.2, -0.15) is 79.0 Å². The molecular weight excluding hydrogens is 518 g/mol. The van der Waals surface area contributed by atoms with Crippen LogP contribution in [0.2, 0.25) is 0 Å². The lowest BCUT2D eigenvalue weighted by Gasteiger charge is -2.36. The van der Waals surface area contributed by atoms with E-state index in [1.807, 2.05) is 0 Å². The second-order valence-corrected chi connectivity index (χ2v) is 6.24. The van der Waals surface area contributed by atoms with Gasteiger partial charge in [0.05, 0.1) is 12.2 Å². The fourth-order valence-corrected chi connectivity index (χ4v) is 1.87. The van der Waals surface area contributed by atoms with E-state index < -0.39 is 72.9 Å². The van der Waals surface area contributed by atoms with E-state index in [9.17, 15) is 79.0 Å². The van der Waals surface area contributed by atoms with Gasteiger partial charge in [-0.05, 0) is 0 Å². The summed E-state index contributed by atoms with van der Waals surface area (Å²) in [7, 11) is 0. The van der Waals surface area contributed by atoms with E-state index in [1.54, 1.807) is 0 Å². The van der Waals surface area contributed by atoms with Gasteiger partial charge in [-0.25, -0.2) is 0 Å². The molecule has 32 heavy (non-hydrogen) atoms. The summed E-state index contributed by atoms with van der Waals surface area (Å²) in [6, 6.07) is 0. The zero-order valence-corrected chi connectivity index (χ0v) is 14.3. The summed E-state index contributed by atoms with van der Waals surface area (Å²) in [6.45, 7) is 0. The van der Waals surface area contributed by atoms with Gasteiger partial charge in [-0.1, -0.05) is 0 Å². The minimum absolute atomic E-state index is 3.47. The first kappa shape index (κ1) is 30.7. The highest BCUT2D eigenvalue weighted by atomic mass is 19.4. The summed E-state index contributed by atoms with van der Waals surface area (Å²) in [5.41, 5.74) is 0. The molecule has 194 valence electrons. The third-order valence-corrected chi connectivity index (χ3v) is 3.79. The van der Waals surface area contributed by atoms with Crippen molar-refractivity contribution in [1.82, 2.24) is 0 Å². The Kier molecular flexibility index (Phi) is 7.81. The lowest BCUT2D eigenvalue weighted by molar-refractivity contribution is -0.401. The Morgan fingerprint density at radius 3 is 0.719 bits per heavy atom. The van der Waals surface area contributed by atoms with Crippen LogP contribution in [0.1, 0.15) is 12.8 Å². The number of aliphatic hydroxyl groups excluding tert-OH is 2. The van der Waals surface area contributed by atoms with Gasteiger partial charge < -0.3 is 10.2 Å². The molecule has 0 aromatic heterocycles. The van der Waals surface area contributed by atoms with Crippen molar-refractivity contribution >= 4 is 0 Å². The lowest BCUT2D eigenvalue weighted by atomic mass is 9.92. The van der Waals surface area contributed by atoms with Gasteiger partial charge in [0, 0.05) is 12.8 Å². The second-order valence-electron chi connectivity index (χ2n) is 6.24. The topological polar surface area (TPSA) is 40.5 Å². The summed E-state index contributed by atoms with van der Waals surface area (Å²) >= 11 is 0. The van der Waals surface area contributed by atoms with Crippen LogP contribution in [0, 0.1) is 0 Å². The summed E-state index contributed by atoms with van der Waals surface area (Å²) < 4.78 is 227. The van der Waals surface area contributed by atoms with Crippen molar-refractivity contribution < 1.29 is 89.2 Å². The molecule has 2 unspecified atom stereocenters. The predicted octanol–water partition coefficient (Wildman–Crippen LogP) is 5.42. The number of halogens is 18. The Labute approximate surface area is 163 Å². The number of hydrogen-bond donors (Lipinski definition) is 2. The van der Waals surface area contributed by atoms with E-state index >= 15 is 0 Å². The Balaban J connectivity index is 5.78. The molecule has 0 aliphatic carbocycles. The van der Waals surface area contributed by atoms with Crippen LogP contribution in [0.5, 0.6) is 0 Å². The van der Waals surface area contributed by atoms with Crippen molar-refractivity contribution in [1.29, 1.82) is 0 Å². The molecule has 2 atom stereocenters. The fraction of sp³-hybridized carbons (Fsp3) is 1.00. The first-order chi connectivity index (χ1) is 13.5. The molecule has 0 spiro atoms. The van der Waals surface area contributed by atoms with Gasteiger partial charge in [-0.3, -0.25) is 0 Å². The number of hydrogen-bond acceptors (Lipinski definition) is 2. The van der Waals surface area contributed by atoms with Crippen LogP contribution in [0.3, 0.4) is 0 Å². The standard InChI is InChI=1S/C12H8F18O2/c13-5(14,7(17,18)9(21,22)11(25,26)27)1-3(31)4(32)2-6(15,16)8(19,20)10(23,24)12(28,29)30/h3-4,31-32H,1-2H2. The molecule has 0 aliphatic heterocycles. The van der Waals surface area contributed by atoms with E-state index in [4.69, 9.17) is 10.2 Å². The quantitative estimate of drug-likeness (QED) is 0.394. The van der Waals surface area contributed by atoms with Gasteiger partial charge in [0.15, 0.2) is 0 Å². The van der Waals surface area contributed by atoms with Crippen LogP contribution in [0.25, 0.3) is 0 Å². The molecule has 0 bridgehead atoms. The summed E-state index contributed by atoms with van der Waals surface area (Å²) in [5.74, 6) is -43.3. The average molecular weight is 526 g/mol. The molecule has 0 rings (SSSR count). The molecule has 0 aromatic rings. The van der Waals surface area contributed by atoms with Crippen LogP contribution in [-0.2, 0) is 0 Å². The largest absolute Gasteiger partial charge is 0.460 e. The Bertz CT molecular complexity index is 591. The Hall–Kier alpha value is -1.34. The van der Waals surface area contributed by atoms with Crippen molar-refractivity contribution in [2.75, 3.05) is 0 Å².